The number of carbonyl (C=O) groups excluding carboxylic acids is 1. The second-order valence-electron chi connectivity index (χ2n) is 6.81. The third-order valence-corrected chi connectivity index (χ3v) is 6.91. The highest BCUT2D eigenvalue weighted by Gasteiger charge is 2.27. The highest BCUT2D eigenvalue weighted by Crippen LogP contribution is 2.39. The molecule has 2 N–H and O–H groups in total. The van der Waals surface area contributed by atoms with Crippen LogP contribution in [0.4, 0.5) is 10.7 Å². The van der Waals surface area contributed by atoms with Crippen molar-refractivity contribution in [2.45, 2.75) is 25.8 Å². The zero-order valence-corrected chi connectivity index (χ0v) is 19.1. The van der Waals surface area contributed by atoms with Crippen molar-refractivity contribution in [1.29, 1.82) is 0 Å². The number of hydrogen-bond donors (Lipinski definition) is 2. The summed E-state index contributed by atoms with van der Waals surface area (Å²) in [4.78, 5) is 13.5. The lowest BCUT2D eigenvalue weighted by Gasteiger charge is -2.10. The summed E-state index contributed by atoms with van der Waals surface area (Å²) in [6.45, 7) is 0.545. The number of nitrogens with zero attached hydrogens (tertiary/aromatic N) is 2. The fraction of sp³-hybridized carbons (Fsp3) is 0.250. The second-order valence-corrected chi connectivity index (χ2v) is 9.14. The third-order valence-electron chi connectivity index (χ3n) is 4.76. The Kier molecular flexibility index (Phi) is 6.29. The molecule has 0 fully saturated rings. The molecule has 0 amide bonds. The number of thiophene rings is 1. The molecule has 6 nitrogen and oxygen atoms in total. The lowest BCUT2D eigenvalue weighted by atomic mass is 10.1. The van der Waals surface area contributed by atoms with Crippen LogP contribution in [0.25, 0.3) is 0 Å². The van der Waals surface area contributed by atoms with E-state index in [4.69, 9.17) is 40.2 Å². The topological polar surface area (TPSA) is 68.2 Å². The molecule has 0 radical (unpaired) electrons. The maximum absolute atomic E-state index is 12.3. The van der Waals surface area contributed by atoms with E-state index in [-0.39, 0.29) is 5.97 Å². The van der Waals surface area contributed by atoms with E-state index in [1.165, 1.54) is 12.0 Å². The molecule has 4 rings (SSSR count). The van der Waals surface area contributed by atoms with Crippen molar-refractivity contribution in [3.63, 3.8) is 0 Å². The lowest BCUT2D eigenvalue weighted by Crippen LogP contribution is -2.20. The van der Waals surface area contributed by atoms with Crippen LogP contribution in [0.2, 0.25) is 10.0 Å². The average molecular weight is 481 g/mol. The minimum Gasteiger partial charge on any atom is -0.465 e. The fourth-order valence-corrected chi connectivity index (χ4v) is 5.30. The molecule has 156 valence electrons. The molecule has 0 atom stereocenters. The maximum atomic E-state index is 12.3. The first-order chi connectivity index (χ1) is 14.4. The molecule has 1 aromatic carbocycles. The Balaban J connectivity index is 1.43. The first-order valence-corrected chi connectivity index (χ1v) is 11.2. The monoisotopic (exact) mass is 480 g/mol. The van der Waals surface area contributed by atoms with Crippen molar-refractivity contribution in [2.75, 3.05) is 17.7 Å². The molecule has 30 heavy (non-hydrogen) atoms. The Bertz CT molecular complexity index is 1130. The van der Waals surface area contributed by atoms with Gasteiger partial charge in [-0.25, -0.2) is 4.79 Å². The summed E-state index contributed by atoms with van der Waals surface area (Å²) in [5.74, 6) is -0.339. The largest absolute Gasteiger partial charge is 0.465 e. The standard InChI is InChI=1S/C20H18Cl2N4O2S2/c1-28-19(27)17-13-3-2-4-16(13)30-18(17)25-20(29)24-12-8-23-26(10-12)9-11-5-6-14(21)15(22)7-11/h5-8,10H,2-4,9H2,1H3,(H2,24,25,29). The number of carbonyl (C=O) groups is 1. The smallest absolute Gasteiger partial charge is 0.341 e. The summed E-state index contributed by atoms with van der Waals surface area (Å²) in [5, 5.41) is 12.7. The van der Waals surface area contributed by atoms with Gasteiger partial charge in [0.05, 0.1) is 41.1 Å². The van der Waals surface area contributed by atoms with Crippen molar-refractivity contribution in [3.8, 4) is 0 Å². The van der Waals surface area contributed by atoms with Crippen LogP contribution in [0.5, 0.6) is 0 Å². The number of hydrogen-bond acceptors (Lipinski definition) is 5. The molecule has 10 heteroatoms. The number of thiocarbonyl (C=S) groups is 1. The molecule has 0 bridgehead atoms. The van der Waals surface area contributed by atoms with Crippen LogP contribution in [-0.2, 0) is 24.1 Å². The maximum Gasteiger partial charge on any atom is 0.341 e. The van der Waals surface area contributed by atoms with E-state index in [0.717, 1.165) is 36.1 Å². The summed E-state index contributed by atoms with van der Waals surface area (Å²) in [6, 6.07) is 5.48. The van der Waals surface area contributed by atoms with E-state index in [9.17, 15) is 4.79 Å². The minimum atomic E-state index is -0.339. The van der Waals surface area contributed by atoms with Crippen LogP contribution in [-0.4, -0.2) is 28.0 Å². The number of aromatic nitrogens is 2. The summed E-state index contributed by atoms with van der Waals surface area (Å²) < 4.78 is 6.74. The van der Waals surface area contributed by atoms with Gasteiger partial charge in [0, 0.05) is 11.1 Å². The highest BCUT2D eigenvalue weighted by atomic mass is 35.5. The van der Waals surface area contributed by atoms with Gasteiger partial charge in [-0.1, -0.05) is 29.3 Å². The van der Waals surface area contributed by atoms with Gasteiger partial charge in [-0.15, -0.1) is 11.3 Å². The second kappa shape index (κ2) is 8.93. The van der Waals surface area contributed by atoms with E-state index in [0.29, 0.717) is 32.3 Å². The van der Waals surface area contributed by atoms with Crippen LogP contribution in [0, 0.1) is 0 Å². The summed E-state index contributed by atoms with van der Waals surface area (Å²) >= 11 is 19.0. The van der Waals surface area contributed by atoms with Gasteiger partial charge in [0.15, 0.2) is 5.11 Å². The molecule has 1 aliphatic carbocycles. The Labute approximate surface area is 193 Å². The van der Waals surface area contributed by atoms with Crippen LogP contribution >= 0.6 is 46.8 Å². The first-order valence-electron chi connectivity index (χ1n) is 9.22. The Hall–Kier alpha value is -2.13. The molecule has 3 aromatic rings. The number of anilines is 2. The average Bonchev–Trinajstić information content (AvgIpc) is 3.41. The molecule has 0 saturated carbocycles. The number of ether oxygens (including phenoxy) is 1. The van der Waals surface area contributed by atoms with Crippen LogP contribution in [0.15, 0.2) is 30.6 Å². The zero-order chi connectivity index (χ0) is 21.3. The Morgan fingerprint density at radius 1 is 1.30 bits per heavy atom. The molecular weight excluding hydrogens is 463 g/mol. The van der Waals surface area contributed by atoms with Crippen LogP contribution < -0.4 is 10.6 Å². The Morgan fingerprint density at radius 2 is 2.13 bits per heavy atom. The minimum absolute atomic E-state index is 0.339. The molecule has 2 aromatic heterocycles. The molecule has 0 saturated heterocycles. The molecule has 0 spiro atoms. The van der Waals surface area contributed by atoms with Crippen molar-refractivity contribution in [3.05, 3.63) is 62.2 Å². The predicted molar refractivity (Wildman–Crippen MR) is 125 cm³/mol. The van der Waals surface area contributed by atoms with Gasteiger partial charge in [-0.3, -0.25) is 4.68 Å². The summed E-state index contributed by atoms with van der Waals surface area (Å²) in [5.41, 5.74) is 3.38. The quantitative estimate of drug-likeness (QED) is 0.377. The fourth-order valence-electron chi connectivity index (χ4n) is 3.42. The van der Waals surface area contributed by atoms with E-state index in [1.807, 2.05) is 18.3 Å². The number of aryl methyl sites for hydroxylation is 1. The van der Waals surface area contributed by atoms with Crippen LogP contribution in [0.1, 0.15) is 32.8 Å². The third kappa shape index (κ3) is 4.46. The van der Waals surface area contributed by atoms with Gasteiger partial charge in [0.25, 0.3) is 0 Å². The van der Waals surface area contributed by atoms with Crippen molar-refractivity contribution in [1.82, 2.24) is 9.78 Å². The summed E-state index contributed by atoms with van der Waals surface area (Å²) in [7, 11) is 1.39. The number of benzene rings is 1. The van der Waals surface area contributed by atoms with Gasteiger partial charge >= 0.3 is 5.97 Å². The normalized spacial score (nSPS) is 12.5. The molecule has 0 aliphatic heterocycles. The zero-order valence-electron chi connectivity index (χ0n) is 16.0. The predicted octanol–water partition coefficient (Wildman–Crippen LogP) is 5.38. The molecule has 0 unspecified atom stereocenters. The van der Waals surface area contributed by atoms with Gasteiger partial charge in [0.1, 0.15) is 5.00 Å². The number of methoxy groups -OCH3 is 1. The van der Waals surface area contributed by atoms with Gasteiger partial charge in [-0.05, 0) is 54.7 Å². The number of nitrogens with one attached hydrogen (secondary N) is 2. The van der Waals surface area contributed by atoms with Gasteiger partial charge in [0.2, 0.25) is 0 Å². The highest BCUT2D eigenvalue weighted by molar-refractivity contribution is 7.80. The Morgan fingerprint density at radius 3 is 2.90 bits per heavy atom. The molecule has 1 aliphatic rings. The van der Waals surface area contributed by atoms with E-state index >= 15 is 0 Å². The molecular formula is C20H18Cl2N4O2S2. The number of halogens is 2. The SMILES string of the molecule is COC(=O)c1c(NC(=S)Nc2cnn(Cc3ccc(Cl)c(Cl)c3)c2)sc2c1CCC2. The number of fused-ring (bicyclic) bond motifs is 1. The van der Waals surface area contributed by atoms with Gasteiger partial charge < -0.3 is 15.4 Å². The van der Waals surface area contributed by atoms with Gasteiger partial charge in [-0.2, -0.15) is 5.10 Å². The van der Waals surface area contributed by atoms with Crippen molar-refractivity contribution < 1.29 is 9.53 Å². The summed E-state index contributed by atoms with van der Waals surface area (Å²) in [6.07, 6.45) is 6.45. The first kappa shape index (κ1) is 21.1. The van der Waals surface area contributed by atoms with E-state index in [2.05, 4.69) is 15.7 Å². The van der Waals surface area contributed by atoms with Crippen LogP contribution in [0.3, 0.4) is 0 Å². The van der Waals surface area contributed by atoms with E-state index < -0.39 is 0 Å². The molecule has 2 heterocycles. The number of rotatable bonds is 5. The van der Waals surface area contributed by atoms with Crippen molar-refractivity contribution >= 4 is 68.5 Å². The van der Waals surface area contributed by atoms with E-state index in [1.54, 1.807) is 28.3 Å². The number of esters is 1. The van der Waals surface area contributed by atoms with Crippen molar-refractivity contribution in [2.24, 2.45) is 0 Å². The lowest BCUT2D eigenvalue weighted by molar-refractivity contribution is 0.0601.